The number of fused-ring (bicyclic) bond motifs is 1. The fourth-order valence-electron chi connectivity index (χ4n) is 2.30. The first-order chi connectivity index (χ1) is 12.5. The first-order valence-electron chi connectivity index (χ1n) is 7.81. The second-order valence-electron chi connectivity index (χ2n) is 5.50. The maximum atomic E-state index is 12.3. The third-order valence-corrected chi connectivity index (χ3v) is 4.45. The Morgan fingerprint density at radius 3 is 2.62 bits per heavy atom. The first kappa shape index (κ1) is 18.4. The van der Waals surface area contributed by atoms with Gasteiger partial charge in [0.05, 0.1) is 15.6 Å². The molecular formula is C18H15Cl2NO5. The number of anilines is 1. The van der Waals surface area contributed by atoms with Crippen molar-refractivity contribution in [2.24, 2.45) is 0 Å². The molecule has 1 heterocycles. The van der Waals surface area contributed by atoms with Crippen molar-refractivity contribution in [3.8, 4) is 11.5 Å². The molecule has 1 N–H and O–H groups in total. The van der Waals surface area contributed by atoms with Crippen LogP contribution in [0.3, 0.4) is 0 Å². The quantitative estimate of drug-likeness (QED) is 0.793. The summed E-state index contributed by atoms with van der Waals surface area (Å²) in [7, 11) is 0. The van der Waals surface area contributed by atoms with E-state index in [0.717, 1.165) is 0 Å². The van der Waals surface area contributed by atoms with Crippen LogP contribution in [0.1, 0.15) is 17.3 Å². The smallest absolute Gasteiger partial charge is 0.340 e. The maximum Gasteiger partial charge on any atom is 0.340 e. The normalized spacial score (nSPS) is 13.7. The van der Waals surface area contributed by atoms with E-state index >= 15 is 0 Å². The van der Waals surface area contributed by atoms with E-state index in [4.69, 9.17) is 37.4 Å². The Morgan fingerprint density at radius 2 is 1.85 bits per heavy atom. The SMILES string of the molecule is C[C@H](OC(=O)c1cccc(Cl)c1Cl)C(=O)Nc1ccc2c(c1)OCCO2. The monoisotopic (exact) mass is 395 g/mol. The summed E-state index contributed by atoms with van der Waals surface area (Å²) in [6.07, 6.45) is -1.04. The fourth-order valence-corrected chi connectivity index (χ4v) is 2.68. The molecule has 3 rings (SSSR count). The average molecular weight is 396 g/mol. The fraction of sp³-hybridized carbons (Fsp3) is 0.222. The minimum atomic E-state index is -1.04. The molecular weight excluding hydrogens is 381 g/mol. The lowest BCUT2D eigenvalue weighted by atomic mass is 10.2. The number of amides is 1. The van der Waals surface area contributed by atoms with Crippen molar-refractivity contribution in [3.63, 3.8) is 0 Å². The summed E-state index contributed by atoms with van der Waals surface area (Å²) < 4.78 is 16.1. The molecule has 0 radical (unpaired) electrons. The Labute approximate surface area is 159 Å². The summed E-state index contributed by atoms with van der Waals surface area (Å²) in [6.45, 7) is 2.39. The zero-order valence-electron chi connectivity index (χ0n) is 13.8. The van der Waals surface area contributed by atoms with Crippen molar-refractivity contribution in [1.29, 1.82) is 0 Å². The summed E-state index contributed by atoms with van der Waals surface area (Å²) in [6, 6.07) is 9.63. The highest BCUT2D eigenvalue weighted by Gasteiger charge is 2.22. The number of hydrogen-bond acceptors (Lipinski definition) is 5. The van der Waals surface area contributed by atoms with Crippen molar-refractivity contribution in [3.05, 3.63) is 52.0 Å². The molecule has 2 aromatic rings. The minimum absolute atomic E-state index is 0.0820. The number of carbonyl (C=O) groups excluding carboxylic acids is 2. The Bertz CT molecular complexity index is 855. The third-order valence-electron chi connectivity index (χ3n) is 3.63. The number of rotatable bonds is 4. The largest absolute Gasteiger partial charge is 0.486 e. The van der Waals surface area contributed by atoms with Crippen molar-refractivity contribution in [2.45, 2.75) is 13.0 Å². The molecule has 0 aromatic heterocycles. The number of hydrogen-bond donors (Lipinski definition) is 1. The molecule has 0 aliphatic carbocycles. The molecule has 1 amide bonds. The number of nitrogens with one attached hydrogen (secondary N) is 1. The lowest BCUT2D eigenvalue weighted by Crippen LogP contribution is -2.30. The van der Waals surface area contributed by atoms with Crippen molar-refractivity contribution in [2.75, 3.05) is 18.5 Å². The number of benzene rings is 2. The van der Waals surface area contributed by atoms with Gasteiger partial charge in [0, 0.05) is 11.8 Å². The van der Waals surface area contributed by atoms with Crippen LogP contribution >= 0.6 is 23.2 Å². The van der Waals surface area contributed by atoms with E-state index in [9.17, 15) is 9.59 Å². The number of esters is 1. The van der Waals surface area contributed by atoms with Crippen LogP contribution < -0.4 is 14.8 Å². The molecule has 26 heavy (non-hydrogen) atoms. The molecule has 0 saturated carbocycles. The molecule has 1 aliphatic heterocycles. The third kappa shape index (κ3) is 4.03. The van der Waals surface area contributed by atoms with Crippen LogP contribution in [0.5, 0.6) is 11.5 Å². The van der Waals surface area contributed by atoms with Gasteiger partial charge in [-0.25, -0.2) is 4.79 Å². The van der Waals surface area contributed by atoms with Gasteiger partial charge >= 0.3 is 5.97 Å². The maximum absolute atomic E-state index is 12.3. The van der Waals surface area contributed by atoms with Crippen LogP contribution in [0.25, 0.3) is 0 Å². The predicted octanol–water partition coefficient (Wildman–Crippen LogP) is 3.95. The van der Waals surface area contributed by atoms with Crippen LogP contribution in [0.15, 0.2) is 36.4 Å². The molecule has 136 valence electrons. The van der Waals surface area contributed by atoms with Crippen molar-refractivity contribution in [1.82, 2.24) is 0 Å². The summed E-state index contributed by atoms with van der Waals surface area (Å²) in [5, 5.41) is 2.98. The number of halogens is 2. The Kier molecular flexibility index (Phi) is 5.54. The Hall–Kier alpha value is -2.44. The van der Waals surface area contributed by atoms with Crippen LogP contribution in [0.4, 0.5) is 5.69 Å². The van der Waals surface area contributed by atoms with E-state index in [1.807, 2.05) is 0 Å². The Balaban J connectivity index is 1.64. The van der Waals surface area contributed by atoms with Crippen molar-refractivity contribution < 1.29 is 23.8 Å². The highest BCUT2D eigenvalue weighted by Crippen LogP contribution is 2.32. The molecule has 0 unspecified atom stereocenters. The lowest BCUT2D eigenvalue weighted by molar-refractivity contribution is -0.123. The summed E-state index contributed by atoms with van der Waals surface area (Å²) in [4.78, 5) is 24.5. The van der Waals surface area contributed by atoms with Gasteiger partial charge in [0.1, 0.15) is 13.2 Å². The zero-order chi connectivity index (χ0) is 18.7. The first-order valence-corrected chi connectivity index (χ1v) is 8.57. The van der Waals surface area contributed by atoms with Gasteiger partial charge in [-0.05, 0) is 31.2 Å². The van der Waals surface area contributed by atoms with Gasteiger partial charge in [-0.15, -0.1) is 0 Å². The molecule has 2 aromatic carbocycles. The summed E-state index contributed by atoms with van der Waals surface area (Å²) in [5.41, 5.74) is 0.598. The van der Waals surface area contributed by atoms with Gasteiger partial charge in [0.15, 0.2) is 17.6 Å². The van der Waals surface area contributed by atoms with Gasteiger partial charge in [0.2, 0.25) is 0 Å². The summed E-state index contributed by atoms with van der Waals surface area (Å²) >= 11 is 11.9. The van der Waals surface area contributed by atoms with E-state index in [1.165, 1.54) is 13.0 Å². The van der Waals surface area contributed by atoms with E-state index in [2.05, 4.69) is 5.32 Å². The molecule has 0 fully saturated rings. The van der Waals surface area contributed by atoms with Crippen molar-refractivity contribution >= 4 is 40.8 Å². The van der Waals surface area contributed by atoms with Gasteiger partial charge in [-0.2, -0.15) is 0 Å². The standard InChI is InChI=1S/C18H15Cl2NO5/c1-10(26-18(23)12-3-2-4-13(19)16(12)20)17(22)21-11-5-6-14-15(9-11)25-8-7-24-14/h2-6,9-10H,7-8H2,1H3,(H,21,22)/t10-/m0/s1. The van der Waals surface area contributed by atoms with E-state index < -0.39 is 18.0 Å². The number of carbonyl (C=O) groups is 2. The van der Waals surface area contributed by atoms with Crippen LogP contribution in [0, 0.1) is 0 Å². The highest BCUT2D eigenvalue weighted by molar-refractivity contribution is 6.43. The van der Waals surface area contributed by atoms with Crippen LogP contribution in [-0.4, -0.2) is 31.2 Å². The van der Waals surface area contributed by atoms with Gasteiger partial charge in [-0.3, -0.25) is 4.79 Å². The molecule has 0 spiro atoms. The zero-order valence-corrected chi connectivity index (χ0v) is 15.3. The second-order valence-corrected chi connectivity index (χ2v) is 6.28. The van der Waals surface area contributed by atoms with Gasteiger partial charge in [-0.1, -0.05) is 29.3 Å². The molecule has 0 bridgehead atoms. The number of ether oxygens (including phenoxy) is 3. The Morgan fingerprint density at radius 1 is 1.12 bits per heavy atom. The topological polar surface area (TPSA) is 73.9 Å². The molecule has 6 nitrogen and oxygen atoms in total. The van der Waals surface area contributed by atoms with Crippen LogP contribution in [0.2, 0.25) is 10.0 Å². The van der Waals surface area contributed by atoms with Gasteiger partial charge < -0.3 is 19.5 Å². The van der Waals surface area contributed by atoms with E-state index in [0.29, 0.717) is 30.4 Å². The molecule has 8 heteroatoms. The van der Waals surface area contributed by atoms with Gasteiger partial charge in [0.25, 0.3) is 5.91 Å². The minimum Gasteiger partial charge on any atom is -0.486 e. The van der Waals surface area contributed by atoms with E-state index in [-0.39, 0.29) is 15.6 Å². The molecule has 0 saturated heterocycles. The lowest BCUT2D eigenvalue weighted by Gasteiger charge is -2.19. The molecule has 1 atom stereocenters. The average Bonchev–Trinajstić information content (AvgIpc) is 2.63. The predicted molar refractivity (Wildman–Crippen MR) is 97.4 cm³/mol. The second kappa shape index (κ2) is 7.85. The molecule has 1 aliphatic rings. The highest BCUT2D eigenvalue weighted by atomic mass is 35.5. The summed E-state index contributed by atoms with van der Waals surface area (Å²) in [5.74, 6) is -0.0655. The van der Waals surface area contributed by atoms with E-state index in [1.54, 1.807) is 30.3 Å². The van der Waals surface area contributed by atoms with Crippen LogP contribution in [-0.2, 0) is 9.53 Å².